The lowest BCUT2D eigenvalue weighted by Crippen LogP contribution is -2.51. The van der Waals surface area contributed by atoms with E-state index in [4.69, 9.17) is 0 Å². The van der Waals surface area contributed by atoms with Crippen LogP contribution in [0.5, 0.6) is 0 Å². The minimum Gasteiger partial charge on any atom is -0.348 e. The van der Waals surface area contributed by atoms with E-state index in [1.165, 1.54) is 54.4 Å². The van der Waals surface area contributed by atoms with Gasteiger partial charge in [-0.3, -0.25) is 9.69 Å². The fourth-order valence-electron chi connectivity index (χ4n) is 6.78. The van der Waals surface area contributed by atoms with Gasteiger partial charge in [-0.15, -0.1) is 0 Å². The van der Waals surface area contributed by atoms with Crippen molar-refractivity contribution in [2.24, 2.45) is 5.41 Å². The summed E-state index contributed by atoms with van der Waals surface area (Å²) in [6.45, 7) is 4.65. The highest BCUT2D eigenvalue weighted by Crippen LogP contribution is 2.56. The molecule has 1 N–H and O–H groups in total. The normalized spacial score (nSPS) is 29.0. The van der Waals surface area contributed by atoms with Crippen LogP contribution in [-0.2, 0) is 11.2 Å². The highest BCUT2D eigenvalue weighted by atomic mass is 16.2. The summed E-state index contributed by atoms with van der Waals surface area (Å²) in [5.74, 6) is 0.134. The maximum Gasteiger partial charge on any atom is 0.268 e. The largest absolute Gasteiger partial charge is 0.348 e. The topological polar surface area (TPSA) is 37.3 Å². The summed E-state index contributed by atoms with van der Waals surface area (Å²) < 4.78 is 2.34. The number of piperidine rings is 1. The molecule has 1 saturated carbocycles. The number of rotatable bonds is 3. The van der Waals surface area contributed by atoms with Gasteiger partial charge >= 0.3 is 0 Å². The van der Waals surface area contributed by atoms with Gasteiger partial charge in [0, 0.05) is 29.1 Å². The highest BCUT2D eigenvalue weighted by molar-refractivity contribution is 6.16. The first-order chi connectivity index (χ1) is 14.2. The summed E-state index contributed by atoms with van der Waals surface area (Å²) in [4.78, 5) is 16.3. The second-order valence-electron chi connectivity index (χ2n) is 9.58. The molecule has 4 aliphatic rings. The lowest BCUT2D eigenvalue weighted by Gasteiger charge is -2.53. The second-order valence-corrected chi connectivity index (χ2v) is 9.58. The van der Waals surface area contributed by atoms with Crippen LogP contribution in [0.25, 0.3) is 16.6 Å². The van der Waals surface area contributed by atoms with Crippen LogP contribution in [0.3, 0.4) is 0 Å². The zero-order chi connectivity index (χ0) is 19.6. The molecule has 4 nitrogen and oxygen atoms in total. The molecule has 1 aromatic heterocycles. The molecule has 0 unspecified atom stereocenters. The van der Waals surface area contributed by atoms with E-state index in [9.17, 15) is 4.79 Å². The lowest BCUT2D eigenvalue weighted by molar-refractivity contribution is -0.116. The smallest absolute Gasteiger partial charge is 0.268 e. The van der Waals surface area contributed by atoms with E-state index >= 15 is 0 Å². The number of fused-ring (bicyclic) bond motifs is 3. The summed E-state index contributed by atoms with van der Waals surface area (Å²) in [5, 5.41) is 4.73. The number of benzene rings is 1. The average Bonchev–Trinajstić information content (AvgIpc) is 3.38. The molecule has 6 rings (SSSR count). The van der Waals surface area contributed by atoms with Gasteiger partial charge in [0.15, 0.2) is 0 Å². The van der Waals surface area contributed by atoms with E-state index in [2.05, 4.69) is 52.0 Å². The third kappa shape index (κ3) is 2.44. The molecule has 152 valence electrons. The Bertz CT molecular complexity index is 1010. The maximum atomic E-state index is 13.6. The number of nitrogens with one attached hydrogen (secondary N) is 1. The van der Waals surface area contributed by atoms with E-state index in [0.717, 1.165) is 37.9 Å². The van der Waals surface area contributed by atoms with Gasteiger partial charge in [0.25, 0.3) is 5.91 Å². The summed E-state index contributed by atoms with van der Waals surface area (Å²) in [7, 11) is 0. The SMILES string of the molecule is CC[C@@]12C=C(C(=O)NC3CCCC3)n3c4c(c5ccccc53)CCN(CCC1)[C@H]42. The highest BCUT2D eigenvalue weighted by Gasteiger charge is 2.51. The van der Waals surface area contributed by atoms with E-state index < -0.39 is 0 Å². The van der Waals surface area contributed by atoms with Crippen molar-refractivity contribution in [3.63, 3.8) is 0 Å². The molecule has 2 atom stereocenters. The van der Waals surface area contributed by atoms with Gasteiger partial charge in [0.1, 0.15) is 5.70 Å². The van der Waals surface area contributed by atoms with E-state index in [-0.39, 0.29) is 11.3 Å². The van der Waals surface area contributed by atoms with Crippen LogP contribution >= 0.6 is 0 Å². The van der Waals surface area contributed by atoms with Gasteiger partial charge in [-0.05, 0) is 62.8 Å². The Morgan fingerprint density at radius 1 is 1.17 bits per heavy atom. The molecule has 0 spiro atoms. The van der Waals surface area contributed by atoms with E-state index in [1.54, 1.807) is 0 Å². The Morgan fingerprint density at radius 3 is 2.83 bits per heavy atom. The van der Waals surface area contributed by atoms with E-state index in [0.29, 0.717) is 12.1 Å². The molecule has 3 aliphatic heterocycles. The fraction of sp³-hybridized carbons (Fsp3) is 0.560. The molecule has 2 fully saturated rings. The van der Waals surface area contributed by atoms with Crippen LogP contribution in [0.4, 0.5) is 0 Å². The van der Waals surface area contributed by atoms with E-state index in [1.807, 2.05) is 0 Å². The van der Waals surface area contributed by atoms with Crippen LogP contribution in [0.15, 0.2) is 30.3 Å². The Kier molecular flexibility index (Phi) is 3.96. The average molecular weight is 390 g/mol. The van der Waals surface area contributed by atoms with Crippen LogP contribution < -0.4 is 5.32 Å². The first-order valence-corrected chi connectivity index (χ1v) is 11.6. The summed E-state index contributed by atoms with van der Waals surface area (Å²) in [6, 6.07) is 9.49. The van der Waals surface area contributed by atoms with Gasteiger partial charge in [-0.1, -0.05) is 38.0 Å². The van der Waals surface area contributed by atoms with Gasteiger partial charge in [-0.25, -0.2) is 0 Å². The van der Waals surface area contributed by atoms with Crippen molar-refractivity contribution in [2.75, 3.05) is 13.1 Å². The third-order valence-electron chi connectivity index (χ3n) is 8.17. The predicted molar refractivity (Wildman–Crippen MR) is 117 cm³/mol. The van der Waals surface area contributed by atoms with Crippen molar-refractivity contribution in [1.29, 1.82) is 0 Å². The molecule has 1 aliphatic carbocycles. The number of carbonyl (C=O) groups is 1. The van der Waals surface area contributed by atoms with Gasteiger partial charge in [0.2, 0.25) is 0 Å². The second kappa shape index (κ2) is 6.46. The van der Waals surface area contributed by atoms with Gasteiger partial charge in [-0.2, -0.15) is 0 Å². The van der Waals surface area contributed by atoms with Crippen LogP contribution in [0, 0.1) is 5.41 Å². The first kappa shape index (κ1) is 17.8. The van der Waals surface area contributed by atoms with Crippen molar-refractivity contribution < 1.29 is 4.79 Å². The number of hydrogen-bond acceptors (Lipinski definition) is 2. The Morgan fingerprint density at radius 2 is 2.00 bits per heavy atom. The number of carbonyl (C=O) groups excluding carboxylic acids is 1. The molecule has 1 aromatic carbocycles. The zero-order valence-electron chi connectivity index (χ0n) is 17.4. The molecule has 1 saturated heterocycles. The Hall–Kier alpha value is -2.07. The Labute approximate surface area is 172 Å². The van der Waals surface area contributed by atoms with Crippen molar-refractivity contribution in [3.8, 4) is 0 Å². The van der Waals surface area contributed by atoms with Crippen LogP contribution in [0.1, 0.15) is 69.2 Å². The molecule has 1 amide bonds. The number of hydrogen-bond donors (Lipinski definition) is 1. The fourth-order valence-corrected chi connectivity index (χ4v) is 6.78. The molecule has 2 aromatic rings. The van der Waals surface area contributed by atoms with Crippen molar-refractivity contribution >= 4 is 22.5 Å². The van der Waals surface area contributed by atoms with Gasteiger partial charge in [0.05, 0.1) is 11.6 Å². The number of aromatic nitrogens is 1. The zero-order valence-corrected chi connectivity index (χ0v) is 17.4. The standard InChI is InChI=1S/C25H31N3O/c1-2-25-13-7-14-27-15-12-19-18-10-5-6-11-20(18)28(22(19)23(25)27)21(16-25)24(29)26-17-8-3-4-9-17/h5-6,10-11,16-17,23H,2-4,7-9,12-15H2,1H3,(H,26,29)/t23-,25+/m1/s1. The molecule has 29 heavy (non-hydrogen) atoms. The first-order valence-electron chi connectivity index (χ1n) is 11.6. The number of nitrogens with zero attached hydrogens (tertiary/aromatic N) is 2. The van der Waals surface area contributed by atoms with Crippen molar-refractivity contribution in [1.82, 2.24) is 14.8 Å². The maximum absolute atomic E-state index is 13.6. The lowest BCUT2D eigenvalue weighted by atomic mass is 9.66. The third-order valence-corrected chi connectivity index (χ3v) is 8.17. The monoisotopic (exact) mass is 389 g/mol. The number of para-hydroxylation sites is 1. The summed E-state index contributed by atoms with van der Waals surface area (Å²) in [6.07, 6.45) is 11.7. The molecule has 0 radical (unpaired) electrons. The molecule has 0 bridgehead atoms. The van der Waals surface area contributed by atoms with Crippen LogP contribution in [0.2, 0.25) is 0 Å². The van der Waals surface area contributed by atoms with Crippen molar-refractivity contribution in [2.45, 2.75) is 70.4 Å². The minimum absolute atomic E-state index is 0.0835. The summed E-state index contributed by atoms with van der Waals surface area (Å²) >= 11 is 0. The van der Waals surface area contributed by atoms with Crippen LogP contribution in [-0.4, -0.2) is 34.5 Å². The van der Waals surface area contributed by atoms with Gasteiger partial charge < -0.3 is 9.88 Å². The quantitative estimate of drug-likeness (QED) is 0.830. The number of amides is 1. The Balaban J connectivity index is 1.57. The molecular weight excluding hydrogens is 358 g/mol. The molecule has 4 heteroatoms. The van der Waals surface area contributed by atoms with Crippen molar-refractivity contribution in [3.05, 3.63) is 41.6 Å². The molecular formula is C25H31N3O. The molecule has 4 heterocycles. The minimum atomic E-state index is 0.0835. The summed E-state index contributed by atoms with van der Waals surface area (Å²) in [5.41, 5.74) is 5.08. The predicted octanol–water partition coefficient (Wildman–Crippen LogP) is 4.64.